The van der Waals surface area contributed by atoms with E-state index in [9.17, 15) is 8.42 Å². The van der Waals surface area contributed by atoms with Crippen LogP contribution in [0.2, 0.25) is 0 Å². The van der Waals surface area contributed by atoms with Crippen LogP contribution in [0.15, 0.2) is 46.7 Å². The zero-order valence-electron chi connectivity index (χ0n) is 10.4. The number of benzene rings is 1. The van der Waals surface area contributed by atoms with Crippen molar-refractivity contribution in [1.82, 2.24) is 4.31 Å². The van der Waals surface area contributed by atoms with Gasteiger partial charge in [0.05, 0.1) is 5.88 Å². The van der Waals surface area contributed by atoms with E-state index in [0.29, 0.717) is 16.6 Å². The van der Waals surface area contributed by atoms with Crippen LogP contribution >= 0.6 is 22.9 Å². The lowest BCUT2D eigenvalue weighted by molar-refractivity contribution is 0.468. The standard InChI is InChI=1S/C13H14ClNO2S2/c1-15(10-11-5-3-2-4-6-11)19(16,17)13-8-7-12(9-14)18-13/h2-8H,9-10H2,1H3. The van der Waals surface area contributed by atoms with Gasteiger partial charge in [0.2, 0.25) is 0 Å². The molecule has 1 heterocycles. The molecule has 1 aromatic carbocycles. The maximum absolute atomic E-state index is 12.4. The molecule has 0 spiro atoms. The van der Waals surface area contributed by atoms with Gasteiger partial charge >= 0.3 is 0 Å². The first-order valence-electron chi connectivity index (χ1n) is 5.69. The van der Waals surface area contributed by atoms with E-state index in [1.54, 1.807) is 19.2 Å². The number of hydrogen-bond acceptors (Lipinski definition) is 3. The summed E-state index contributed by atoms with van der Waals surface area (Å²) in [6.45, 7) is 0.358. The average molecular weight is 316 g/mol. The molecule has 0 aliphatic heterocycles. The molecule has 0 fully saturated rings. The van der Waals surface area contributed by atoms with E-state index in [-0.39, 0.29) is 0 Å². The Morgan fingerprint density at radius 2 is 1.84 bits per heavy atom. The maximum atomic E-state index is 12.4. The van der Waals surface area contributed by atoms with Gasteiger partial charge in [0.1, 0.15) is 4.21 Å². The van der Waals surface area contributed by atoms with E-state index in [0.717, 1.165) is 10.4 Å². The monoisotopic (exact) mass is 315 g/mol. The molecule has 0 aliphatic carbocycles. The van der Waals surface area contributed by atoms with Crippen molar-refractivity contribution in [1.29, 1.82) is 0 Å². The van der Waals surface area contributed by atoms with Crippen molar-refractivity contribution in [3.8, 4) is 0 Å². The molecule has 0 amide bonds. The minimum atomic E-state index is -3.43. The summed E-state index contributed by atoms with van der Waals surface area (Å²) in [5.74, 6) is 0.336. The first kappa shape index (κ1) is 14.5. The van der Waals surface area contributed by atoms with Crippen molar-refractivity contribution in [3.05, 3.63) is 52.9 Å². The number of nitrogens with zero attached hydrogens (tertiary/aromatic N) is 1. The lowest BCUT2D eigenvalue weighted by Gasteiger charge is -2.15. The highest BCUT2D eigenvalue weighted by atomic mass is 35.5. The molecule has 19 heavy (non-hydrogen) atoms. The zero-order chi connectivity index (χ0) is 13.9. The van der Waals surface area contributed by atoms with Gasteiger partial charge in [-0.15, -0.1) is 22.9 Å². The maximum Gasteiger partial charge on any atom is 0.252 e. The fourth-order valence-electron chi connectivity index (χ4n) is 1.65. The number of rotatable bonds is 5. The summed E-state index contributed by atoms with van der Waals surface area (Å²) in [6.07, 6.45) is 0. The second kappa shape index (κ2) is 6.05. The highest BCUT2D eigenvalue weighted by Crippen LogP contribution is 2.26. The van der Waals surface area contributed by atoms with E-state index in [1.807, 2.05) is 30.3 Å². The molecule has 0 radical (unpaired) electrons. The molecular formula is C13H14ClNO2S2. The molecule has 3 nitrogen and oxygen atoms in total. The van der Waals surface area contributed by atoms with Gasteiger partial charge in [-0.1, -0.05) is 30.3 Å². The summed E-state index contributed by atoms with van der Waals surface area (Å²) in [7, 11) is -1.85. The van der Waals surface area contributed by atoms with E-state index < -0.39 is 10.0 Å². The average Bonchev–Trinajstić information content (AvgIpc) is 2.89. The molecule has 2 aromatic rings. The number of alkyl halides is 1. The molecular weight excluding hydrogens is 302 g/mol. The Kier molecular flexibility index (Phi) is 4.62. The van der Waals surface area contributed by atoms with Gasteiger partial charge < -0.3 is 0 Å². The Morgan fingerprint density at radius 1 is 1.16 bits per heavy atom. The molecule has 0 bridgehead atoms. The molecule has 0 aliphatic rings. The fourth-order valence-corrected chi connectivity index (χ4v) is 4.48. The van der Waals surface area contributed by atoms with E-state index in [1.165, 1.54) is 15.6 Å². The van der Waals surface area contributed by atoms with Crippen molar-refractivity contribution in [2.24, 2.45) is 0 Å². The first-order valence-corrected chi connectivity index (χ1v) is 8.48. The fraction of sp³-hybridized carbons (Fsp3) is 0.231. The van der Waals surface area contributed by atoms with E-state index in [2.05, 4.69) is 0 Å². The molecule has 2 rings (SSSR count). The molecule has 1 aromatic heterocycles. The third-order valence-electron chi connectivity index (χ3n) is 2.68. The topological polar surface area (TPSA) is 37.4 Å². The lowest BCUT2D eigenvalue weighted by Crippen LogP contribution is -2.25. The van der Waals surface area contributed by atoms with Gasteiger partial charge in [0, 0.05) is 18.5 Å². The van der Waals surface area contributed by atoms with Crippen LogP contribution in [0, 0.1) is 0 Å². The number of halogens is 1. The minimum absolute atomic E-state index is 0.335. The third-order valence-corrected chi connectivity index (χ3v) is 6.48. The predicted octanol–water partition coefficient (Wildman–Crippen LogP) is 3.31. The molecule has 0 atom stereocenters. The summed E-state index contributed by atoms with van der Waals surface area (Å²) in [4.78, 5) is 0.855. The summed E-state index contributed by atoms with van der Waals surface area (Å²) in [5, 5.41) is 0. The highest BCUT2D eigenvalue weighted by molar-refractivity contribution is 7.91. The molecule has 102 valence electrons. The Bertz CT molecular complexity index is 638. The van der Waals surface area contributed by atoms with E-state index >= 15 is 0 Å². The quantitative estimate of drug-likeness (QED) is 0.794. The lowest BCUT2D eigenvalue weighted by atomic mass is 10.2. The van der Waals surface area contributed by atoms with Crippen LogP contribution in [0.4, 0.5) is 0 Å². The van der Waals surface area contributed by atoms with Crippen molar-refractivity contribution >= 4 is 33.0 Å². The summed E-state index contributed by atoms with van der Waals surface area (Å²) < 4.78 is 26.4. The Hall–Kier alpha value is -0.880. The van der Waals surface area contributed by atoms with Gasteiger partial charge in [0.25, 0.3) is 10.0 Å². The Balaban J connectivity index is 2.19. The zero-order valence-corrected chi connectivity index (χ0v) is 12.8. The summed E-state index contributed by atoms with van der Waals surface area (Å²) in [6, 6.07) is 12.9. The van der Waals surface area contributed by atoms with Gasteiger partial charge in [-0.05, 0) is 17.7 Å². The second-order valence-electron chi connectivity index (χ2n) is 4.10. The Morgan fingerprint density at radius 3 is 2.42 bits per heavy atom. The number of sulfonamides is 1. The van der Waals surface area contributed by atoms with Crippen LogP contribution in [-0.4, -0.2) is 19.8 Å². The van der Waals surface area contributed by atoms with Crippen LogP contribution in [0.3, 0.4) is 0 Å². The van der Waals surface area contributed by atoms with Crippen molar-refractivity contribution < 1.29 is 8.42 Å². The van der Waals surface area contributed by atoms with Crippen LogP contribution < -0.4 is 0 Å². The molecule has 0 saturated heterocycles. The van der Waals surface area contributed by atoms with Gasteiger partial charge in [0.15, 0.2) is 0 Å². The second-order valence-corrected chi connectivity index (χ2v) is 7.81. The largest absolute Gasteiger partial charge is 0.252 e. The van der Waals surface area contributed by atoms with Gasteiger partial charge in [-0.2, -0.15) is 4.31 Å². The first-order chi connectivity index (χ1) is 9.04. The van der Waals surface area contributed by atoms with Gasteiger partial charge in [-0.3, -0.25) is 0 Å². The van der Waals surface area contributed by atoms with Gasteiger partial charge in [-0.25, -0.2) is 8.42 Å². The van der Waals surface area contributed by atoms with Crippen molar-refractivity contribution in [2.45, 2.75) is 16.6 Å². The highest BCUT2D eigenvalue weighted by Gasteiger charge is 2.22. The van der Waals surface area contributed by atoms with Crippen molar-refractivity contribution in [2.75, 3.05) is 7.05 Å². The smallest absolute Gasteiger partial charge is 0.206 e. The molecule has 0 unspecified atom stereocenters. The normalized spacial score (nSPS) is 11.9. The van der Waals surface area contributed by atoms with Crippen LogP contribution in [0.1, 0.15) is 10.4 Å². The minimum Gasteiger partial charge on any atom is -0.206 e. The summed E-state index contributed by atoms with van der Waals surface area (Å²) >= 11 is 6.92. The number of hydrogen-bond donors (Lipinski definition) is 0. The van der Waals surface area contributed by atoms with Crippen LogP contribution in [0.25, 0.3) is 0 Å². The van der Waals surface area contributed by atoms with E-state index in [4.69, 9.17) is 11.6 Å². The molecule has 6 heteroatoms. The molecule has 0 N–H and O–H groups in total. The van der Waals surface area contributed by atoms with Crippen molar-refractivity contribution in [3.63, 3.8) is 0 Å². The Labute approximate surface area is 122 Å². The predicted molar refractivity (Wildman–Crippen MR) is 79.0 cm³/mol. The third kappa shape index (κ3) is 3.36. The molecule has 0 saturated carbocycles. The SMILES string of the molecule is CN(Cc1ccccc1)S(=O)(=O)c1ccc(CCl)s1. The van der Waals surface area contributed by atoms with Crippen LogP contribution in [-0.2, 0) is 22.4 Å². The summed E-state index contributed by atoms with van der Waals surface area (Å²) in [5.41, 5.74) is 0.961. The number of thiophene rings is 1. The van der Waals surface area contributed by atoms with Crippen LogP contribution in [0.5, 0.6) is 0 Å².